The standard InChI is InChI=1S/C17H18N2O3/c1-12-3-5-13(6-4-12)9-17(21)19-18-11-14-10-15(22-2)7-8-16(14)20/h3-8,10-11,20H,9H2,1-2H3,(H,19,21)/b18-11+. The Morgan fingerprint density at radius 1 is 1.27 bits per heavy atom. The molecule has 0 radical (unpaired) electrons. The van der Waals surface area contributed by atoms with Crippen LogP contribution in [0.4, 0.5) is 0 Å². The fourth-order valence-corrected chi connectivity index (χ4v) is 1.87. The summed E-state index contributed by atoms with van der Waals surface area (Å²) in [6.07, 6.45) is 1.63. The molecule has 0 spiro atoms. The van der Waals surface area contributed by atoms with Crippen molar-refractivity contribution in [2.24, 2.45) is 5.10 Å². The number of aromatic hydroxyl groups is 1. The van der Waals surface area contributed by atoms with E-state index in [0.29, 0.717) is 11.3 Å². The van der Waals surface area contributed by atoms with Crippen LogP contribution in [0, 0.1) is 6.92 Å². The molecule has 0 heterocycles. The second kappa shape index (κ2) is 7.26. The molecule has 5 heteroatoms. The third kappa shape index (κ3) is 4.34. The summed E-state index contributed by atoms with van der Waals surface area (Å²) in [7, 11) is 1.54. The normalized spacial score (nSPS) is 10.6. The molecule has 5 nitrogen and oxygen atoms in total. The summed E-state index contributed by atoms with van der Waals surface area (Å²) < 4.78 is 5.07. The predicted octanol–water partition coefficient (Wildman–Crippen LogP) is 2.40. The van der Waals surface area contributed by atoms with Crippen molar-refractivity contribution >= 4 is 12.1 Å². The first kappa shape index (κ1) is 15.6. The molecule has 114 valence electrons. The van der Waals surface area contributed by atoms with Gasteiger partial charge in [-0.3, -0.25) is 4.79 Å². The second-order valence-corrected chi connectivity index (χ2v) is 4.88. The number of phenols is 1. The summed E-state index contributed by atoms with van der Waals surface area (Å²) in [5.74, 6) is 0.449. The Morgan fingerprint density at radius 2 is 2.00 bits per heavy atom. The van der Waals surface area contributed by atoms with Crippen molar-refractivity contribution in [2.75, 3.05) is 7.11 Å². The average Bonchev–Trinajstić information content (AvgIpc) is 2.51. The van der Waals surface area contributed by atoms with Gasteiger partial charge in [0.2, 0.25) is 5.91 Å². The Morgan fingerprint density at radius 3 is 2.68 bits per heavy atom. The van der Waals surface area contributed by atoms with Gasteiger partial charge in [0.15, 0.2) is 0 Å². The van der Waals surface area contributed by atoms with Crippen molar-refractivity contribution in [3.63, 3.8) is 0 Å². The molecule has 2 aromatic rings. The Bertz CT molecular complexity index is 679. The van der Waals surface area contributed by atoms with Gasteiger partial charge in [-0.1, -0.05) is 29.8 Å². The molecule has 0 saturated heterocycles. The summed E-state index contributed by atoms with van der Waals surface area (Å²) in [4.78, 5) is 11.8. The van der Waals surface area contributed by atoms with Crippen LogP contribution in [-0.2, 0) is 11.2 Å². The lowest BCUT2D eigenvalue weighted by Gasteiger charge is -2.03. The SMILES string of the molecule is COc1ccc(O)c(/C=N/NC(=O)Cc2ccc(C)cc2)c1. The van der Waals surface area contributed by atoms with Crippen LogP contribution >= 0.6 is 0 Å². The largest absolute Gasteiger partial charge is 0.507 e. The van der Waals surface area contributed by atoms with Gasteiger partial charge in [0.05, 0.1) is 19.7 Å². The monoisotopic (exact) mass is 298 g/mol. The maximum atomic E-state index is 11.8. The van der Waals surface area contributed by atoms with Crippen LogP contribution in [0.25, 0.3) is 0 Å². The highest BCUT2D eigenvalue weighted by Gasteiger charge is 2.03. The second-order valence-electron chi connectivity index (χ2n) is 4.88. The number of benzene rings is 2. The van der Waals surface area contributed by atoms with Gasteiger partial charge in [0, 0.05) is 5.56 Å². The molecule has 2 N–H and O–H groups in total. The van der Waals surface area contributed by atoms with Crippen molar-refractivity contribution < 1.29 is 14.6 Å². The molecule has 0 aliphatic carbocycles. The lowest BCUT2D eigenvalue weighted by Crippen LogP contribution is -2.19. The van der Waals surface area contributed by atoms with Gasteiger partial charge < -0.3 is 9.84 Å². The number of amides is 1. The summed E-state index contributed by atoms with van der Waals surface area (Å²) in [6, 6.07) is 12.5. The van der Waals surface area contributed by atoms with Gasteiger partial charge in [0.25, 0.3) is 0 Å². The fourth-order valence-electron chi connectivity index (χ4n) is 1.87. The number of methoxy groups -OCH3 is 1. The number of hydrogen-bond donors (Lipinski definition) is 2. The Labute approximate surface area is 129 Å². The van der Waals surface area contributed by atoms with E-state index in [9.17, 15) is 9.90 Å². The first-order chi connectivity index (χ1) is 10.6. The molecule has 0 bridgehead atoms. The molecule has 0 aliphatic heterocycles. The lowest BCUT2D eigenvalue weighted by molar-refractivity contribution is -0.120. The molecule has 0 fully saturated rings. The Hall–Kier alpha value is -2.82. The van der Waals surface area contributed by atoms with Gasteiger partial charge in [-0.05, 0) is 30.7 Å². The van der Waals surface area contributed by atoms with Gasteiger partial charge in [-0.15, -0.1) is 0 Å². The van der Waals surface area contributed by atoms with Gasteiger partial charge in [-0.25, -0.2) is 5.43 Å². The third-order valence-electron chi connectivity index (χ3n) is 3.11. The number of hydrazone groups is 1. The first-order valence-electron chi connectivity index (χ1n) is 6.83. The van der Waals surface area contributed by atoms with Crippen LogP contribution in [0.5, 0.6) is 11.5 Å². The molecule has 2 aromatic carbocycles. The van der Waals surface area contributed by atoms with E-state index < -0.39 is 0 Å². The molecular formula is C17H18N2O3. The number of hydrogen-bond acceptors (Lipinski definition) is 4. The smallest absolute Gasteiger partial charge is 0.244 e. The average molecular weight is 298 g/mol. The number of rotatable bonds is 5. The highest BCUT2D eigenvalue weighted by Crippen LogP contribution is 2.20. The van der Waals surface area contributed by atoms with Crippen molar-refractivity contribution in [1.82, 2.24) is 5.43 Å². The minimum Gasteiger partial charge on any atom is -0.507 e. The van der Waals surface area contributed by atoms with Crippen molar-refractivity contribution in [3.8, 4) is 11.5 Å². The number of carbonyl (C=O) groups excluding carboxylic acids is 1. The molecule has 2 rings (SSSR count). The first-order valence-corrected chi connectivity index (χ1v) is 6.83. The van der Waals surface area contributed by atoms with E-state index >= 15 is 0 Å². The minimum absolute atomic E-state index is 0.0670. The molecule has 1 amide bonds. The zero-order valence-corrected chi connectivity index (χ0v) is 12.5. The van der Waals surface area contributed by atoms with E-state index in [2.05, 4.69) is 10.5 Å². The molecule has 22 heavy (non-hydrogen) atoms. The number of nitrogens with zero attached hydrogens (tertiary/aromatic N) is 1. The zero-order valence-electron chi connectivity index (χ0n) is 12.5. The van der Waals surface area contributed by atoms with Crippen LogP contribution in [0.15, 0.2) is 47.6 Å². The molecule has 0 aliphatic rings. The minimum atomic E-state index is -0.220. The van der Waals surface area contributed by atoms with Crippen LogP contribution in [0.1, 0.15) is 16.7 Å². The molecule has 0 saturated carbocycles. The highest BCUT2D eigenvalue weighted by atomic mass is 16.5. The van der Waals surface area contributed by atoms with E-state index in [1.807, 2.05) is 31.2 Å². The van der Waals surface area contributed by atoms with Gasteiger partial charge >= 0.3 is 0 Å². The maximum absolute atomic E-state index is 11.8. The lowest BCUT2D eigenvalue weighted by atomic mass is 10.1. The zero-order chi connectivity index (χ0) is 15.9. The number of nitrogens with one attached hydrogen (secondary N) is 1. The summed E-state index contributed by atoms with van der Waals surface area (Å²) in [5.41, 5.74) is 4.97. The summed E-state index contributed by atoms with van der Waals surface area (Å²) >= 11 is 0. The van der Waals surface area contributed by atoms with Crippen molar-refractivity contribution in [1.29, 1.82) is 0 Å². The number of carbonyl (C=O) groups is 1. The van der Waals surface area contributed by atoms with Crippen LogP contribution in [-0.4, -0.2) is 24.3 Å². The molecule has 0 unspecified atom stereocenters. The molecule has 0 atom stereocenters. The van der Waals surface area contributed by atoms with E-state index in [1.165, 1.54) is 19.4 Å². The third-order valence-corrected chi connectivity index (χ3v) is 3.11. The van der Waals surface area contributed by atoms with E-state index in [0.717, 1.165) is 11.1 Å². The van der Waals surface area contributed by atoms with Crippen LogP contribution in [0.2, 0.25) is 0 Å². The van der Waals surface area contributed by atoms with Crippen LogP contribution in [0.3, 0.4) is 0 Å². The highest BCUT2D eigenvalue weighted by molar-refractivity contribution is 5.86. The van der Waals surface area contributed by atoms with E-state index in [1.54, 1.807) is 12.1 Å². The van der Waals surface area contributed by atoms with Crippen molar-refractivity contribution in [3.05, 3.63) is 59.2 Å². The quantitative estimate of drug-likeness (QED) is 0.658. The van der Waals surface area contributed by atoms with Crippen molar-refractivity contribution in [2.45, 2.75) is 13.3 Å². The predicted molar refractivity (Wildman–Crippen MR) is 85.3 cm³/mol. The summed E-state index contributed by atoms with van der Waals surface area (Å²) in [5, 5.41) is 13.5. The number of aryl methyl sites for hydroxylation is 1. The Balaban J connectivity index is 1.94. The van der Waals surface area contributed by atoms with Crippen LogP contribution < -0.4 is 10.2 Å². The molecule has 0 aromatic heterocycles. The Kier molecular flexibility index (Phi) is 5.14. The van der Waals surface area contributed by atoms with E-state index in [4.69, 9.17) is 4.74 Å². The van der Waals surface area contributed by atoms with Gasteiger partial charge in [-0.2, -0.15) is 5.10 Å². The number of ether oxygens (including phenoxy) is 1. The topological polar surface area (TPSA) is 70.9 Å². The van der Waals surface area contributed by atoms with Gasteiger partial charge in [0.1, 0.15) is 11.5 Å². The number of phenolic OH excluding ortho intramolecular Hbond substituents is 1. The summed E-state index contributed by atoms with van der Waals surface area (Å²) in [6.45, 7) is 1.99. The maximum Gasteiger partial charge on any atom is 0.244 e. The molecular weight excluding hydrogens is 280 g/mol. The fraction of sp³-hybridized carbons (Fsp3) is 0.176. The van der Waals surface area contributed by atoms with E-state index in [-0.39, 0.29) is 18.1 Å².